The van der Waals surface area contributed by atoms with E-state index < -0.39 is 5.91 Å². The minimum atomic E-state index is -0.396. The van der Waals surface area contributed by atoms with Crippen LogP contribution in [-0.4, -0.2) is 65.9 Å². The Hall–Kier alpha value is -3.92. The number of hydrogen-bond acceptors (Lipinski definition) is 9. The molecule has 2 aliphatic heterocycles. The van der Waals surface area contributed by atoms with Crippen LogP contribution in [0.4, 0.5) is 22.2 Å². The van der Waals surface area contributed by atoms with Crippen LogP contribution in [0.25, 0.3) is 6.08 Å². The van der Waals surface area contributed by atoms with Crippen LogP contribution in [0.2, 0.25) is 0 Å². The summed E-state index contributed by atoms with van der Waals surface area (Å²) < 4.78 is 0. The van der Waals surface area contributed by atoms with E-state index in [-0.39, 0.29) is 5.24 Å². The molecular weight excluding hydrogens is 486 g/mol. The number of nitrogens with one attached hydrogen (secondary N) is 1. The zero-order valence-corrected chi connectivity index (χ0v) is 21.7. The fraction of sp³-hybridized carbons (Fsp3) is 0.296. The monoisotopic (exact) mass is 515 g/mol. The van der Waals surface area contributed by atoms with Gasteiger partial charge in [0, 0.05) is 69.8 Å². The van der Waals surface area contributed by atoms with E-state index >= 15 is 0 Å². The van der Waals surface area contributed by atoms with Gasteiger partial charge in [-0.15, -0.1) is 0 Å². The third kappa shape index (κ3) is 6.08. The number of hydrogen-bond donors (Lipinski definition) is 1. The lowest BCUT2D eigenvalue weighted by Gasteiger charge is -2.36. The van der Waals surface area contributed by atoms with Crippen LogP contribution < -0.4 is 20.0 Å². The minimum absolute atomic E-state index is 0.334. The molecule has 9 nitrogen and oxygen atoms in total. The van der Waals surface area contributed by atoms with Gasteiger partial charge in [0.25, 0.3) is 11.1 Å². The number of amides is 2. The van der Waals surface area contributed by atoms with E-state index in [1.807, 2.05) is 31.3 Å². The number of thioether (sulfide) groups is 1. The van der Waals surface area contributed by atoms with E-state index in [0.717, 1.165) is 62.4 Å². The molecule has 37 heavy (non-hydrogen) atoms. The van der Waals surface area contributed by atoms with Gasteiger partial charge in [-0.3, -0.25) is 19.9 Å². The number of rotatable bonds is 7. The van der Waals surface area contributed by atoms with E-state index in [4.69, 9.17) is 9.97 Å². The van der Waals surface area contributed by atoms with Crippen LogP contribution in [0, 0.1) is 6.92 Å². The Labute approximate surface area is 220 Å². The molecule has 2 saturated heterocycles. The molecule has 0 aliphatic carbocycles. The normalized spacial score (nSPS) is 16.9. The number of anilines is 3. The van der Waals surface area contributed by atoms with Crippen LogP contribution in [0.15, 0.2) is 59.6 Å². The number of nitrogens with zero attached hydrogens (tertiary/aromatic N) is 6. The van der Waals surface area contributed by atoms with E-state index in [2.05, 4.69) is 56.2 Å². The molecule has 0 atom stereocenters. The largest absolute Gasteiger partial charge is 0.368 e. The summed E-state index contributed by atoms with van der Waals surface area (Å²) in [5.74, 6) is 0.975. The van der Waals surface area contributed by atoms with Crippen molar-refractivity contribution in [2.45, 2.75) is 13.3 Å². The Morgan fingerprint density at radius 1 is 1.03 bits per heavy atom. The summed E-state index contributed by atoms with van der Waals surface area (Å²) in [6.45, 7) is 6.08. The second-order valence-electron chi connectivity index (χ2n) is 9.11. The zero-order chi connectivity index (χ0) is 25.8. The highest BCUT2D eigenvalue weighted by molar-refractivity contribution is 8.18. The molecular formula is C27H29N7O2S. The molecule has 2 aliphatic rings. The lowest BCUT2D eigenvalue weighted by Crippen LogP contribution is -2.47. The molecule has 190 valence electrons. The Morgan fingerprint density at radius 3 is 2.46 bits per heavy atom. The van der Waals surface area contributed by atoms with Gasteiger partial charge in [-0.2, -0.15) is 4.98 Å². The average molecular weight is 516 g/mol. The first kappa shape index (κ1) is 24.8. The number of likely N-dealkylation sites (N-methyl/N-ethyl adjacent to an activating group) is 1. The van der Waals surface area contributed by atoms with Crippen LogP contribution in [0.1, 0.15) is 17.0 Å². The van der Waals surface area contributed by atoms with Crippen LogP contribution >= 0.6 is 11.8 Å². The SMILES string of the molecule is Cc1ccc(N2CCN(c3nc(/C=C4/SC(=O)NC4=O)cc(N(C)CCc4ccccn4)n3)CC2)cc1. The third-order valence-corrected chi connectivity index (χ3v) is 7.23. The maximum atomic E-state index is 12.1. The van der Waals surface area contributed by atoms with Gasteiger partial charge in [0.05, 0.1) is 10.6 Å². The Morgan fingerprint density at radius 2 is 1.78 bits per heavy atom. The molecule has 10 heteroatoms. The van der Waals surface area contributed by atoms with Crippen molar-refractivity contribution in [1.82, 2.24) is 20.3 Å². The molecule has 5 rings (SSSR count). The van der Waals surface area contributed by atoms with Gasteiger partial charge >= 0.3 is 0 Å². The van der Waals surface area contributed by atoms with Gasteiger partial charge < -0.3 is 14.7 Å². The smallest absolute Gasteiger partial charge is 0.290 e. The van der Waals surface area contributed by atoms with Crippen molar-refractivity contribution in [3.63, 3.8) is 0 Å². The maximum absolute atomic E-state index is 12.1. The van der Waals surface area contributed by atoms with Crippen molar-refractivity contribution in [1.29, 1.82) is 0 Å². The molecule has 0 bridgehead atoms. The molecule has 0 spiro atoms. The van der Waals surface area contributed by atoms with Crippen molar-refractivity contribution in [2.24, 2.45) is 0 Å². The fourth-order valence-corrected chi connectivity index (χ4v) is 4.94. The average Bonchev–Trinajstić information content (AvgIpc) is 3.24. The molecule has 1 aromatic carbocycles. The number of carbonyl (C=O) groups excluding carboxylic acids is 2. The Balaban J connectivity index is 1.37. The van der Waals surface area contributed by atoms with Gasteiger partial charge in [-0.1, -0.05) is 23.8 Å². The second kappa shape index (κ2) is 11.0. The Kier molecular flexibility index (Phi) is 7.36. The summed E-state index contributed by atoms with van der Waals surface area (Å²) in [6, 6.07) is 16.3. The van der Waals surface area contributed by atoms with Gasteiger partial charge in [-0.05, 0) is 49.0 Å². The number of pyridine rings is 1. The van der Waals surface area contributed by atoms with Crippen LogP contribution in [0.5, 0.6) is 0 Å². The van der Waals surface area contributed by atoms with Crippen molar-refractivity contribution in [3.05, 3.63) is 76.6 Å². The summed E-state index contributed by atoms with van der Waals surface area (Å²) in [5, 5.41) is 1.93. The van der Waals surface area contributed by atoms with Crippen molar-refractivity contribution in [3.8, 4) is 0 Å². The summed E-state index contributed by atoms with van der Waals surface area (Å²) in [6.07, 6.45) is 4.23. The molecule has 3 aromatic rings. The maximum Gasteiger partial charge on any atom is 0.290 e. The molecule has 4 heterocycles. The highest BCUT2D eigenvalue weighted by Gasteiger charge is 2.26. The highest BCUT2D eigenvalue weighted by atomic mass is 32.2. The van der Waals surface area contributed by atoms with E-state index in [9.17, 15) is 9.59 Å². The second-order valence-corrected chi connectivity index (χ2v) is 10.1. The first-order valence-corrected chi connectivity index (χ1v) is 13.1. The van der Waals surface area contributed by atoms with E-state index in [1.54, 1.807) is 12.3 Å². The zero-order valence-electron chi connectivity index (χ0n) is 20.9. The molecule has 2 aromatic heterocycles. The predicted octanol–water partition coefficient (Wildman–Crippen LogP) is 3.51. The standard InChI is InChI=1S/C27H29N7O2S/c1-19-6-8-22(9-7-19)33-13-15-34(16-14-33)26-29-21(17-23-25(35)31-27(36)37-23)18-24(30-26)32(2)12-10-20-5-3-4-11-28-20/h3-9,11,17-18H,10,12-16H2,1-2H3,(H,31,35,36)/b23-17+. The number of benzene rings is 1. The summed E-state index contributed by atoms with van der Waals surface area (Å²) in [5.41, 5.74) is 4.07. The third-order valence-electron chi connectivity index (χ3n) is 6.42. The number of piperazine rings is 1. The molecule has 0 radical (unpaired) electrons. The first-order valence-electron chi connectivity index (χ1n) is 12.3. The summed E-state index contributed by atoms with van der Waals surface area (Å²) in [7, 11) is 1.99. The topological polar surface area (TPSA) is 94.6 Å². The van der Waals surface area contributed by atoms with Gasteiger partial charge in [-0.25, -0.2) is 4.98 Å². The lowest BCUT2D eigenvalue weighted by atomic mass is 10.2. The lowest BCUT2D eigenvalue weighted by molar-refractivity contribution is -0.115. The van der Waals surface area contributed by atoms with E-state index in [1.165, 1.54) is 11.3 Å². The van der Waals surface area contributed by atoms with Crippen molar-refractivity contribution >= 4 is 46.4 Å². The first-order chi connectivity index (χ1) is 17.9. The molecule has 2 amide bonds. The molecule has 1 N–H and O–H groups in total. The van der Waals surface area contributed by atoms with Crippen molar-refractivity contribution in [2.75, 3.05) is 54.5 Å². The van der Waals surface area contributed by atoms with Gasteiger partial charge in [0.1, 0.15) is 5.82 Å². The molecule has 0 saturated carbocycles. The van der Waals surface area contributed by atoms with Crippen LogP contribution in [-0.2, 0) is 11.2 Å². The van der Waals surface area contributed by atoms with Gasteiger partial charge in [0.2, 0.25) is 5.95 Å². The number of carbonyl (C=O) groups is 2. The minimum Gasteiger partial charge on any atom is -0.368 e. The molecule has 2 fully saturated rings. The quantitative estimate of drug-likeness (QED) is 0.474. The number of aromatic nitrogens is 3. The number of aryl methyl sites for hydroxylation is 1. The van der Waals surface area contributed by atoms with Crippen molar-refractivity contribution < 1.29 is 9.59 Å². The Bertz CT molecular complexity index is 1310. The summed E-state index contributed by atoms with van der Waals surface area (Å²) >= 11 is 0.890. The summed E-state index contributed by atoms with van der Waals surface area (Å²) in [4.78, 5) is 44.8. The molecule has 0 unspecified atom stereocenters. The fourth-order valence-electron chi connectivity index (χ4n) is 4.27. The highest BCUT2D eigenvalue weighted by Crippen LogP contribution is 2.27. The number of imide groups is 1. The van der Waals surface area contributed by atoms with Crippen LogP contribution in [0.3, 0.4) is 0 Å². The van der Waals surface area contributed by atoms with E-state index in [0.29, 0.717) is 16.5 Å². The van der Waals surface area contributed by atoms with Gasteiger partial charge in [0.15, 0.2) is 0 Å². The predicted molar refractivity (Wildman–Crippen MR) is 148 cm³/mol.